The summed E-state index contributed by atoms with van der Waals surface area (Å²) in [6.07, 6.45) is 0.756. The lowest BCUT2D eigenvalue weighted by Gasteiger charge is -2.32. The number of hydrogen-bond donors (Lipinski definition) is 1. The normalized spacial score (nSPS) is 19.6. The van der Waals surface area contributed by atoms with Crippen molar-refractivity contribution in [3.8, 4) is 5.75 Å². The lowest BCUT2D eigenvalue weighted by Crippen LogP contribution is -2.41. The Labute approximate surface area is 125 Å². The van der Waals surface area contributed by atoms with E-state index in [1.807, 2.05) is 27.7 Å². The molecule has 114 valence electrons. The molecule has 0 saturated carbocycles. The number of aliphatic hydroxyl groups is 1. The fourth-order valence-corrected chi connectivity index (χ4v) is 2.16. The topological polar surface area (TPSA) is 65.0 Å². The quantitative estimate of drug-likeness (QED) is 0.652. The van der Waals surface area contributed by atoms with Crippen LogP contribution in [-0.2, 0) is 9.31 Å². The second-order valence-corrected chi connectivity index (χ2v) is 6.04. The zero-order valence-corrected chi connectivity index (χ0v) is 12.9. The molecule has 0 atom stereocenters. The molecule has 0 spiro atoms. The monoisotopic (exact) mass is 292 g/mol. The van der Waals surface area contributed by atoms with Gasteiger partial charge in [-0.1, -0.05) is 12.1 Å². The van der Waals surface area contributed by atoms with Crippen LogP contribution >= 0.6 is 0 Å². The zero-order valence-electron chi connectivity index (χ0n) is 12.9. The first kappa shape index (κ1) is 16.0. The molecule has 1 aromatic rings. The first-order valence-electron chi connectivity index (χ1n) is 7.00. The van der Waals surface area contributed by atoms with Gasteiger partial charge in [-0.2, -0.15) is 0 Å². The molecule has 0 amide bonds. The van der Waals surface area contributed by atoms with Crippen molar-refractivity contribution in [2.45, 2.75) is 38.9 Å². The van der Waals surface area contributed by atoms with Crippen LogP contribution in [0, 0.1) is 0 Å². The van der Waals surface area contributed by atoms with Crippen LogP contribution in [0.1, 0.15) is 38.1 Å². The highest BCUT2D eigenvalue weighted by molar-refractivity contribution is 6.64. The van der Waals surface area contributed by atoms with Crippen LogP contribution < -0.4 is 10.2 Å². The van der Waals surface area contributed by atoms with Crippen LogP contribution in [0.3, 0.4) is 0 Å². The maximum atomic E-state index is 11.3. The fourth-order valence-electron chi connectivity index (χ4n) is 2.16. The molecule has 5 nitrogen and oxygen atoms in total. The predicted molar refractivity (Wildman–Crippen MR) is 80.1 cm³/mol. The molecule has 1 heterocycles. The number of benzene rings is 1. The molecule has 1 fully saturated rings. The Morgan fingerprint density at radius 3 is 2.38 bits per heavy atom. The van der Waals surface area contributed by atoms with Gasteiger partial charge in [0.15, 0.2) is 0 Å². The minimum absolute atomic E-state index is 0.103. The van der Waals surface area contributed by atoms with Gasteiger partial charge in [0, 0.05) is 11.0 Å². The summed E-state index contributed by atoms with van der Waals surface area (Å²) in [6.45, 7) is 7.84. The SMILES string of the molecule is CC1(C)OB(c2c(C=O)cccc2OCCO)OC1(C)C. The Morgan fingerprint density at radius 1 is 1.24 bits per heavy atom. The molecule has 1 aliphatic rings. The van der Waals surface area contributed by atoms with E-state index in [0.29, 0.717) is 16.8 Å². The molecule has 21 heavy (non-hydrogen) atoms. The highest BCUT2D eigenvalue weighted by Crippen LogP contribution is 2.37. The van der Waals surface area contributed by atoms with Crippen molar-refractivity contribution >= 4 is 18.9 Å². The summed E-state index contributed by atoms with van der Waals surface area (Å²) in [6, 6.07) is 5.16. The van der Waals surface area contributed by atoms with E-state index in [4.69, 9.17) is 19.2 Å². The number of aldehydes is 1. The number of hydrogen-bond acceptors (Lipinski definition) is 5. The summed E-state index contributed by atoms with van der Waals surface area (Å²) in [5.74, 6) is 0.493. The molecule has 1 N–H and O–H groups in total. The second kappa shape index (κ2) is 5.79. The Hall–Kier alpha value is -1.37. The van der Waals surface area contributed by atoms with Crippen LogP contribution in [0.5, 0.6) is 5.75 Å². The highest BCUT2D eigenvalue weighted by Gasteiger charge is 2.53. The lowest BCUT2D eigenvalue weighted by molar-refractivity contribution is 0.00578. The summed E-state index contributed by atoms with van der Waals surface area (Å²) >= 11 is 0. The van der Waals surface area contributed by atoms with Gasteiger partial charge < -0.3 is 19.2 Å². The Kier molecular flexibility index (Phi) is 4.42. The third-order valence-electron chi connectivity index (χ3n) is 4.06. The average molecular weight is 292 g/mol. The van der Waals surface area contributed by atoms with Gasteiger partial charge in [0.25, 0.3) is 0 Å². The molecule has 1 aromatic carbocycles. The molecule has 0 aliphatic carbocycles. The number of rotatable bonds is 5. The van der Waals surface area contributed by atoms with Crippen molar-refractivity contribution in [2.24, 2.45) is 0 Å². The summed E-state index contributed by atoms with van der Waals surface area (Å²) < 4.78 is 17.5. The average Bonchev–Trinajstić information content (AvgIpc) is 2.64. The Balaban J connectivity index is 2.41. The van der Waals surface area contributed by atoms with Crippen molar-refractivity contribution in [1.82, 2.24) is 0 Å². The van der Waals surface area contributed by atoms with Crippen LogP contribution in [0.15, 0.2) is 18.2 Å². The summed E-state index contributed by atoms with van der Waals surface area (Å²) in [5, 5.41) is 8.92. The molecular weight excluding hydrogens is 271 g/mol. The third-order valence-corrected chi connectivity index (χ3v) is 4.06. The Morgan fingerprint density at radius 2 is 1.86 bits per heavy atom. The summed E-state index contributed by atoms with van der Waals surface area (Å²) in [4.78, 5) is 11.3. The van der Waals surface area contributed by atoms with Crippen molar-refractivity contribution in [2.75, 3.05) is 13.2 Å². The van der Waals surface area contributed by atoms with Gasteiger partial charge in [0.05, 0.1) is 17.8 Å². The number of aliphatic hydroxyl groups excluding tert-OH is 1. The van der Waals surface area contributed by atoms with Crippen LogP contribution in [0.25, 0.3) is 0 Å². The van der Waals surface area contributed by atoms with E-state index >= 15 is 0 Å². The fraction of sp³-hybridized carbons (Fsp3) is 0.533. The molecule has 0 radical (unpaired) electrons. The lowest BCUT2D eigenvalue weighted by atomic mass is 9.75. The minimum atomic E-state index is -0.676. The van der Waals surface area contributed by atoms with E-state index in [0.717, 1.165) is 6.29 Å². The molecule has 1 aliphatic heterocycles. The predicted octanol–water partition coefficient (Wildman–Crippen LogP) is 1.17. The van der Waals surface area contributed by atoms with Gasteiger partial charge in [-0.05, 0) is 33.8 Å². The van der Waals surface area contributed by atoms with Crippen LogP contribution in [0.4, 0.5) is 0 Å². The first-order valence-corrected chi connectivity index (χ1v) is 7.00. The molecule has 6 heteroatoms. The van der Waals surface area contributed by atoms with Gasteiger partial charge in [0.2, 0.25) is 0 Å². The molecule has 0 bridgehead atoms. The van der Waals surface area contributed by atoms with Crippen LogP contribution in [0.2, 0.25) is 0 Å². The summed E-state index contributed by atoms with van der Waals surface area (Å²) in [7, 11) is -0.676. The van der Waals surface area contributed by atoms with E-state index in [1.54, 1.807) is 18.2 Å². The first-order chi connectivity index (χ1) is 9.82. The van der Waals surface area contributed by atoms with E-state index in [1.165, 1.54) is 0 Å². The van der Waals surface area contributed by atoms with E-state index in [2.05, 4.69) is 0 Å². The van der Waals surface area contributed by atoms with Gasteiger partial charge >= 0.3 is 7.12 Å². The minimum Gasteiger partial charge on any atom is -0.492 e. The van der Waals surface area contributed by atoms with Gasteiger partial charge in [0.1, 0.15) is 18.6 Å². The van der Waals surface area contributed by atoms with Gasteiger partial charge in [-0.3, -0.25) is 4.79 Å². The standard InChI is InChI=1S/C15H21BO5/c1-14(2)15(3,4)21-16(20-14)13-11(10-18)6-5-7-12(13)19-9-8-17/h5-7,10,17H,8-9H2,1-4H3. The smallest absolute Gasteiger partial charge is 0.492 e. The maximum absolute atomic E-state index is 11.3. The van der Waals surface area contributed by atoms with E-state index in [9.17, 15) is 4.79 Å². The second-order valence-electron chi connectivity index (χ2n) is 6.04. The van der Waals surface area contributed by atoms with Crippen molar-refractivity contribution < 1.29 is 23.9 Å². The largest absolute Gasteiger partial charge is 0.499 e. The molecular formula is C15H21BO5. The van der Waals surface area contributed by atoms with E-state index in [-0.39, 0.29) is 13.2 Å². The molecule has 0 unspecified atom stereocenters. The molecule has 1 saturated heterocycles. The molecule has 2 rings (SSSR count). The van der Waals surface area contributed by atoms with Gasteiger partial charge in [-0.25, -0.2) is 0 Å². The van der Waals surface area contributed by atoms with Crippen molar-refractivity contribution in [1.29, 1.82) is 0 Å². The van der Waals surface area contributed by atoms with Gasteiger partial charge in [-0.15, -0.1) is 0 Å². The maximum Gasteiger partial charge on any atom is 0.499 e. The van der Waals surface area contributed by atoms with Crippen molar-refractivity contribution in [3.63, 3.8) is 0 Å². The van der Waals surface area contributed by atoms with Crippen LogP contribution in [-0.4, -0.2) is 42.9 Å². The number of ether oxygens (including phenoxy) is 1. The summed E-state index contributed by atoms with van der Waals surface area (Å²) in [5.41, 5.74) is 0.0348. The zero-order chi connectivity index (χ0) is 15.7. The molecule has 0 aromatic heterocycles. The highest BCUT2D eigenvalue weighted by atomic mass is 16.7. The third kappa shape index (κ3) is 2.97. The Bertz CT molecular complexity index is 511. The van der Waals surface area contributed by atoms with E-state index < -0.39 is 18.3 Å². The number of carbonyl (C=O) groups is 1. The number of carbonyl (C=O) groups excluding carboxylic acids is 1. The van der Waals surface area contributed by atoms with Crippen molar-refractivity contribution in [3.05, 3.63) is 23.8 Å².